The number of ether oxygens (including phenoxy) is 1. The third-order valence-corrected chi connectivity index (χ3v) is 2.15. The molecule has 1 aromatic carbocycles. The predicted molar refractivity (Wildman–Crippen MR) is 64.0 cm³/mol. The van der Waals surface area contributed by atoms with Crippen molar-refractivity contribution in [2.24, 2.45) is 0 Å². The molecule has 0 radical (unpaired) electrons. The van der Waals surface area contributed by atoms with Crippen molar-refractivity contribution in [3.8, 4) is 11.3 Å². The summed E-state index contributed by atoms with van der Waals surface area (Å²) >= 11 is 0. The molecule has 0 aliphatic heterocycles. The van der Waals surface area contributed by atoms with Crippen molar-refractivity contribution in [1.29, 1.82) is 0 Å². The van der Waals surface area contributed by atoms with Crippen molar-refractivity contribution < 1.29 is 19.1 Å². The molecule has 0 bridgehead atoms. The summed E-state index contributed by atoms with van der Waals surface area (Å²) in [5, 5.41) is 11.1. The molecule has 94 valence electrons. The second kappa shape index (κ2) is 5.83. The van der Waals surface area contributed by atoms with Gasteiger partial charge in [-0.05, 0) is 12.1 Å². The van der Waals surface area contributed by atoms with Crippen LogP contribution in [0.4, 0.5) is 10.5 Å². The summed E-state index contributed by atoms with van der Waals surface area (Å²) in [5.74, 6) is 0.613. The number of aromatic nitrogens is 1. The lowest BCUT2D eigenvalue weighted by molar-refractivity contribution is 0.131. The topological polar surface area (TPSA) is 84.6 Å². The first-order chi connectivity index (χ1) is 8.79. The van der Waals surface area contributed by atoms with Crippen molar-refractivity contribution in [2.45, 2.75) is 0 Å². The molecule has 6 heteroatoms. The van der Waals surface area contributed by atoms with Crippen LogP contribution in [0.25, 0.3) is 11.3 Å². The van der Waals surface area contributed by atoms with Gasteiger partial charge in [-0.2, -0.15) is 0 Å². The number of nitrogens with zero attached hydrogens (tertiary/aromatic N) is 1. The van der Waals surface area contributed by atoms with Crippen LogP contribution in [0.15, 0.2) is 41.3 Å². The van der Waals surface area contributed by atoms with Crippen LogP contribution in [-0.2, 0) is 4.74 Å². The van der Waals surface area contributed by atoms with Gasteiger partial charge < -0.3 is 14.3 Å². The highest BCUT2D eigenvalue weighted by atomic mass is 16.6. The minimum atomic E-state index is -0.612. The largest absolute Gasteiger partial charge is 0.447 e. The third kappa shape index (κ3) is 3.08. The van der Waals surface area contributed by atoms with Crippen LogP contribution >= 0.6 is 0 Å². The van der Waals surface area contributed by atoms with E-state index < -0.39 is 6.09 Å². The van der Waals surface area contributed by atoms with E-state index in [0.717, 1.165) is 5.56 Å². The van der Waals surface area contributed by atoms with Crippen LogP contribution in [0, 0.1) is 0 Å². The Balaban J connectivity index is 2.06. The fourth-order valence-electron chi connectivity index (χ4n) is 1.40. The van der Waals surface area contributed by atoms with Gasteiger partial charge in [0, 0.05) is 11.3 Å². The van der Waals surface area contributed by atoms with E-state index in [0.29, 0.717) is 11.4 Å². The zero-order valence-electron chi connectivity index (χ0n) is 9.50. The molecule has 18 heavy (non-hydrogen) atoms. The Bertz CT molecular complexity index is 511. The van der Waals surface area contributed by atoms with Crippen LogP contribution in [0.5, 0.6) is 0 Å². The maximum absolute atomic E-state index is 11.3. The molecular formula is C12H12N2O4. The molecule has 2 rings (SSSR count). The van der Waals surface area contributed by atoms with Gasteiger partial charge in [0.25, 0.3) is 0 Å². The average Bonchev–Trinajstić information content (AvgIpc) is 2.90. The Hall–Kier alpha value is -2.34. The lowest BCUT2D eigenvalue weighted by Gasteiger charge is -2.06. The van der Waals surface area contributed by atoms with Gasteiger partial charge in [-0.3, -0.25) is 5.32 Å². The van der Waals surface area contributed by atoms with E-state index in [9.17, 15) is 4.79 Å². The molecule has 6 nitrogen and oxygen atoms in total. The summed E-state index contributed by atoms with van der Waals surface area (Å²) in [6.07, 6.45) is 2.31. The summed E-state index contributed by atoms with van der Waals surface area (Å²) in [7, 11) is 0. The number of anilines is 1. The Labute approximate surface area is 103 Å². The van der Waals surface area contributed by atoms with E-state index in [1.165, 1.54) is 6.39 Å². The average molecular weight is 248 g/mol. The number of aliphatic hydroxyl groups excluding tert-OH is 1. The number of hydrogen-bond acceptors (Lipinski definition) is 5. The smallest absolute Gasteiger partial charge is 0.411 e. The van der Waals surface area contributed by atoms with Crippen molar-refractivity contribution in [1.82, 2.24) is 4.98 Å². The van der Waals surface area contributed by atoms with Crippen LogP contribution in [0.3, 0.4) is 0 Å². The molecule has 2 aromatic rings. The first-order valence-corrected chi connectivity index (χ1v) is 5.33. The number of carbonyl (C=O) groups is 1. The van der Waals surface area contributed by atoms with Gasteiger partial charge in [-0.1, -0.05) is 12.1 Å². The Morgan fingerprint density at radius 1 is 1.50 bits per heavy atom. The maximum Gasteiger partial charge on any atom is 0.411 e. The van der Waals surface area contributed by atoms with E-state index >= 15 is 0 Å². The van der Waals surface area contributed by atoms with Crippen LogP contribution in [0.2, 0.25) is 0 Å². The van der Waals surface area contributed by atoms with E-state index in [4.69, 9.17) is 9.52 Å². The second-order valence-electron chi connectivity index (χ2n) is 3.43. The van der Waals surface area contributed by atoms with Gasteiger partial charge in [-0.25, -0.2) is 9.78 Å². The minimum Gasteiger partial charge on any atom is -0.447 e. The highest BCUT2D eigenvalue weighted by Gasteiger charge is 2.05. The molecule has 0 unspecified atom stereocenters. The quantitative estimate of drug-likeness (QED) is 0.862. The number of aliphatic hydroxyl groups is 1. The van der Waals surface area contributed by atoms with Gasteiger partial charge in [0.1, 0.15) is 6.61 Å². The van der Waals surface area contributed by atoms with E-state index in [2.05, 4.69) is 15.0 Å². The zero-order chi connectivity index (χ0) is 12.8. The fraction of sp³-hybridized carbons (Fsp3) is 0.167. The number of carbonyl (C=O) groups excluding carboxylic acids is 1. The number of hydrogen-bond donors (Lipinski definition) is 2. The number of oxazole rings is 1. The number of nitrogens with one attached hydrogen (secondary N) is 1. The SMILES string of the molecule is O=C(Nc1cccc(-c2cnco2)c1)OCCO. The standard InChI is InChI=1S/C12H12N2O4/c15-4-5-17-12(16)14-10-3-1-2-9(6-10)11-7-13-8-18-11/h1-3,6-8,15H,4-5H2,(H,14,16). The van der Waals surface area contributed by atoms with E-state index in [1.54, 1.807) is 24.4 Å². The van der Waals surface area contributed by atoms with Crippen molar-refractivity contribution >= 4 is 11.8 Å². The van der Waals surface area contributed by atoms with Crippen LogP contribution in [0.1, 0.15) is 0 Å². The molecule has 1 amide bonds. The number of rotatable bonds is 4. The summed E-state index contributed by atoms with van der Waals surface area (Å²) in [6.45, 7) is -0.237. The molecule has 0 saturated heterocycles. The summed E-state index contributed by atoms with van der Waals surface area (Å²) in [6, 6.07) is 7.07. The normalized spacial score (nSPS) is 10.1. The van der Waals surface area contributed by atoms with Crippen molar-refractivity contribution in [3.63, 3.8) is 0 Å². The van der Waals surface area contributed by atoms with Gasteiger partial charge in [0.05, 0.1) is 12.8 Å². The fourth-order valence-corrected chi connectivity index (χ4v) is 1.40. The molecule has 0 aliphatic carbocycles. The first-order valence-electron chi connectivity index (χ1n) is 5.33. The third-order valence-electron chi connectivity index (χ3n) is 2.15. The molecule has 0 atom stereocenters. The summed E-state index contributed by atoms with van der Waals surface area (Å²) in [5.41, 5.74) is 1.37. The number of amides is 1. The van der Waals surface area contributed by atoms with E-state index in [1.807, 2.05) is 6.07 Å². The van der Waals surface area contributed by atoms with E-state index in [-0.39, 0.29) is 13.2 Å². The molecule has 0 aliphatic rings. The Kier molecular flexibility index (Phi) is 3.93. The highest BCUT2D eigenvalue weighted by Crippen LogP contribution is 2.21. The first kappa shape index (κ1) is 12.1. The van der Waals surface area contributed by atoms with Gasteiger partial charge in [-0.15, -0.1) is 0 Å². The van der Waals surface area contributed by atoms with Gasteiger partial charge in [0.15, 0.2) is 12.2 Å². The number of benzene rings is 1. The van der Waals surface area contributed by atoms with Crippen LogP contribution in [-0.4, -0.2) is 29.4 Å². The van der Waals surface area contributed by atoms with Gasteiger partial charge in [0.2, 0.25) is 0 Å². The van der Waals surface area contributed by atoms with Gasteiger partial charge >= 0.3 is 6.09 Å². The molecule has 0 fully saturated rings. The molecule has 1 aromatic heterocycles. The molecule has 2 N–H and O–H groups in total. The molecule has 1 heterocycles. The van der Waals surface area contributed by atoms with Crippen LogP contribution < -0.4 is 5.32 Å². The Morgan fingerprint density at radius 3 is 3.11 bits per heavy atom. The Morgan fingerprint density at radius 2 is 2.39 bits per heavy atom. The highest BCUT2D eigenvalue weighted by molar-refractivity contribution is 5.85. The monoisotopic (exact) mass is 248 g/mol. The molecule has 0 saturated carbocycles. The maximum atomic E-state index is 11.3. The summed E-state index contributed by atoms with van der Waals surface area (Å²) in [4.78, 5) is 15.1. The molecule has 0 spiro atoms. The van der Waals surface area contributed by atoms with Crippen molar-refractivity contribution in [2.75, 3.05) is 18.5 Å². The predicted octanol–water partition coefficient (Wildman–Crippen LogP) is 1.88. The summed E-state index contributed by atoms with van der Waals surface area (Å²) < 4.78 is 9.85. The minimum absolute atomic E-state index is 0.0341. The van der Waals surface area contributed by atoms with Crippen molar-refractivity contribution in [3.05, 3.63) is 36.9 Å². The lowest BCUT2D eigenvalue weighted by Crippen LogP contribution is -2.15. The lowest BCUT2D eigenvalue weighted by atomic mass is 10.1. The molecular weight excluding hydrogens is 236 g/mol. The second-order valence-corrected chi connectivity index (χ2v) is 3.43. The zero-order valence-corrected chi connectivity index (χ0v) is 9.50.